The Labute approximate surface area is 180 Å². The number of nitrogens with two attached hydrogens (primary N) is 1. The van der Waals surface area contributed by atoms with Crippen LogP contribution in [0.1, 0.15) is 43.5 Å². The predicted molar refractivity (Wildman–Crippen MR) is 120 cm³/mol. The van der Waals surface area contributed by atoms with E-state index in [2.05, 4.69) is 67.8 Å². The molecule has 0 saturated carbocycles. The molecule has 0 aromatic heterocycles. The average Bonchev–Trinajstić information content (AvgIpc) is 2.76. The smallest absolute Gasteiger partial charge is 0.279 e. The molecule has 5 heteroatoms. The SMILES string of the molecule is CCc1ccc([C@H]([NH2+]CC(=O)Nc2ccc(C[NH+]3CCOCC3)cc2)C(C)C)cc1. The van der Waals surface area contributed by atoms with E-state index < -0.39 is 0 Å². The normalized spacial score (nSPS) is 15.9. The maximum Gasteiger partial charge on any atom is 0.279 e. The van der Waals surface area contributed by atoms with Gasteiger partial charge in [0, 0.05) is 22.7 Å². The number of hydrogen-bond donors (Lipinski definition) is 3. The number of morpholine rings is 1. The average molecular weight is 412 g/mol. The van der Waals surface area contributed by atoms with Gasteiger partial charge in [-0.25, -0.2) is 0 Å². The molecule has 0 radical (unpaired) electrons. The van der Waals surface area contributed by atoms with Gasteiger partial charge in [-0.15, -0.1) is 0 Å². The number of carbonyl (C=O) groups excluding carboxylic acids is 1. The molecular formula is C25H37N3O2+2. The molecule has 1 aliphatic rings. The van der Waals surface area contributed by atoms with Gasteiger partial charge in [-0.2, -0.15) is 0 Å². The quantitative estimate of drug-likeness (QED) is 0.587. The van der Waals surface area contributed by atoms with E-state index in [0.717, 1.165) is 45.0 Å². The van der Waals surface area contributed by atoms with Gasteiger partial charge in [-0.05, 0) is 24.1 Å². The van der Waals surface area contributed by atoms with Gasteiger partial charge in [0.15, 0.2) is 6.54 Å². The van der Waals surface area contributed by atoms with Gasteiger partial charge in [-0.1, -0.05) is 57.2 Å². The Kier molecular flexibility index (Phi) is 8.43. The molecule has 4 N–H and O–H groups in total. The van der Waals surface area contributed by atoms with Crippen LogP contribution in [-0.4, -0.2) is 38.8 Å². The highest BCUT2D eigenvalue weighted by Crippen LogP contribution is 2.18. The molecule has 5 nitrogen and oxygen atoms in total. The van der Waals surface area contributed by atoms with Crippen molar-refractivity contribution >= 4 is 11.6 Å². The molecule has 1 amide bonds. The van der Waals surface area contributed by atoms with Gasteiger partial charge < -0.3 is 20.3 Å². The van der Waals surface area contributed by atoms with Gasteiger partial charge in [0.25, 0.3) is 5.91 Å². The minimum Gasteiger partial charge on any atom is -0.370 e. The number of ether oxygens (including phenoxy) is 1. The van der Waals surface area contributed by atoms with E-state index in [1.807, 2.05) is 12.1 Å². The zero-order valence-electron chi connectivity index (χ0n) is 18.6. The number of amides is 1. The molecule has 1 aliphatic heterocycles. The van der Waals surface area contributed by atoms with Crippen molar-refractivity contribution < 1.29 is 19.7 Å². The summed E-state index contributed by atoms with van der Waals surface area (Å²) in [7, 11) is 0. The fourth-order valence-corrected chi connectivity index (χ4v) is 4.05. The first-order valence-corrected chi connectivity index (χ1v) is 11.3. The number of hydrogen-bond acceptors (Lipinski definition) is 2. The first-order chi connectivity index (χ1) is 14.5. The molecule has 1 saturated heterocycles. The number of quaternary nitrogens is 2. The molecule has 0 unspecified atom stereocenters. The molecule has 1 fully saturated rings. The Morgan fingerprint density at radius 2 is 1.67 bits per heavy atom. The van der Waals surface area contributed by atoms with Crippen molar-refractivity contribution in [1.29, 1.82) is 0 Å². The van der Waals surface area contributed by atoms with Crippen LogP contribution in [0.2, 0.25) is 0 Å². The molecule has 0 bridgehead atoms. The molecule has 30 heavy (non-hydrogen) atoms. The summed E-state index contributed by atoms with van der Waals surface area (Å²) in [5, 5.41) is 5.19. The molecule has 0 aliphatic carbocycles. The number of carbonyl (C=O) groups is 1. The van der Waals surface area contributed by atoms with Crippen LogP contribution in [0, 0.1) is 5.92 Å². The summed E-state index contributed by atoms with van der Waals surface area (Å²) in [5.41, 5.74) is 4.79. The van der Waals surface area contributed by atoms with Crippen LogP contribution in [-0.2, 0) is 22.5 Å². The number of nitrogens with one attached hydrogen (secondary N) is 2. The molecule has 2 aromatic rings. The summed E-state index contributed by atoms with van der Waals surface area (Å²) in [6.45, 7) is 11.8. The Bertz CT molecular complexity index is 781. The summed E-state index contributed by atoms with van der Waals surface area (Å²) in [6.07, 6.45) is 1.05. The van der Waals surface area contributed by atoms with E-state index in [0.29, 0.717) is 12.5 Å². The monoisotopic (exact) mass is 411 g/mol. The van der Waals surface area contributed by atoms with Crippen molar-refractivity contribution in [3.63, 3.8) is 0 Å². The van der Waals surface area contributed by atoms with Crippen LogP contribution in [0.15, 0.2) is 48.5 Å². The maximum atomic E-state index is 12.5. The molecule has 162 valence electrons. The molecule has 1 atom stereocenters. The molecule has 2 aromatic carbocycles. The second-order valence-electron chi connectivity index (χ2n) is 8.59. The summed E-state index contributed by atoms with van der Waals surface area (Å²) in [6, 6.07) is 17.3. The third-order valence-corrected chi connectivity index (χ3v) is 5.94. The fraction of sp³-hybridized carbons (Fsp3) is 0.480. The number of anilines is 1. The molecular weight excluding hydrogens is 374 g/mol. The molecule has 3 rings (SSSR count). The van der Waals surface area contributed by atoms with Crippen LogP contribution < -0.4 is 15.5 Å². The van der Waals surface area contributed by atoms with E-state index in [1.165, 1.54) is 16.7 Å². The second-order valence-corrected chi connectivity index (χ2v) is 8.59. The van der Waals surface area contributed by atoms with Gasteiger partial charge in [-0.3, -0.25) is 4.79 Å². The predicted octanol–water partition coefficient (Wildman–Crippen LogP) is 1.56. The lowest BCUT2D eigenvalue weighted by molar-refractivity contribution is -0.921. The van der Waals surface area contributed by atoms with Crippen molar-refractivity contribution in [2.75, 3.05) is 38.2 Å². The highest BCUT2D eigenvalue weighted by molar-refractivity contribution is 5.91. The molecule has 1 heterocycles. The van der Waals surface area contributed by atoms with Gasteiger partial charge >= 0.3 is 0 Å². The highest BCUT2D eigenvalue weighted by atomic mass is 16.5. The van der Waals surface area contributed by atoms with Crippen LogP contribution in [0.25, 0.3) is 0 Å². The first-order valence-electron chi connectivity index (χ1n) is 11.3. The highest BCUT2D eigenvalue weighted by Gasteiger charge is 2.20. The summed E-state index contributed by atoms with van der Waals surface area (Å²) >= 11 is 0. The van der Waals surface area contributed by atoms with Gasteiger partial charge in [0.1, 0.15) is 25.7 Å². The van der Waals surface area contributed by atoms with Crippen LogP contribution in [0.4, 0.5) is 5.69 Å². The summed E-state index contributed by atoms with van der Waals surface area (Å²) in [4.78, 5) is 14.1. The fourth-order valence-electron chi connectivity index (χ4n) is 4.05. The maximum absolute atomic E-state index is 12.5. The third kappa shape index (κ3) is 6.66. The summed E-state index contributed by atoms with van der Waals surface area (Å²) in [5.74, 6) is 0.490. The van der Waals surface area contributed by atoms with Gasteiger partial charge in [0.2, 0.25) is 0 Å². The van der Waals surface area contributed by atoms with E-state index >= 15 is 0 Å². The van der Waals surface area contributed by atoms with Crippen LogP contribution in [0.5, 0.6) is 0 Å². The van der Waals surface area contributed by atoms with Crippen LogP contribution in [0.3, 0.4) is 0 Å². The van der Waals surface area contributed by atoms with Crippen LogP contribution >= 0.6 is 0 Å². The minimum absolute atomic E-state index is 0.0392. The first kappa shape index (κ1) is 22.5. The largest absolute Gasteiger partial charge is 0.370 e. The zero-order valence-corrected chi connectivity index (χ0v) is 18.6. The Hall–Kier alpha value is -2.21. The minimum atomic E-state index is 0.0392. The molecule has 0 spiro atoms. The zero-order chi connectivity index (χ0) is 21.3. The number of benzene rings is 2. The lowest BCUT2D eigenvalue weighted by Crippen LogP contribution is -3.12. The van der Waals surface area contributed by atoms with E-state index in [9.17, 15) is 4.79 Å². The van der Waals surface area contributed by atoms with Gasteiger partial charge in [0.05, 0.1) is 13.2 Å². The van der Waals surface area contributed by atoms with Crippen molar-refractivity contribution in [3.05, 3.63) is 65.2 Å². The Morgan fingerprint density at radius 1 is 1.03 bits per heavy atom. The lowest BCUT2D eigenvalue weighted by atomic mass is 9.95. The Morgan fingerprint density at radius 3 is 2.27 bits per heavy atom. The van der Waals surface area contributed by atoms with Crippen molar-refractivity contribution in [1.82, 2.24) is 0 Å². The van der Waals surface area contributed by atoms with Crippen molar-refractivity contribution in [2.24, 2.45) is 5.92 Å². The number of rotatable bonds is 9. The Balaban J connectivity index is 1.49. The third-order valence-electron chi connectivity index (χ3n) is 5.94. The van der Waals surface area contributed by atoms with Crippen molar-refractivity contribution in [3.8, 4) is 0 Å². The van der Waals surface area contributed by atoms with E-state index in [1.54, 1.807) is 4.90 Å². The summed E-state index contributed by atoms with van der Waals surface area (Å²) < 4.78 is 5.42. The topological polar surface area (TPSA) is 59.4 Å². The second kappa shape index (κ2) is 11.3. The standard InChI is InChI=1S/C25H35N3O2/c1-4-20-5-9-22(10-6-20)25(19(2)3)26-17-24(29)27-23-11-7-21(8-12-23)18-28-13-15-30-16-14-28/h5-12,19,25-26H,4,13-18H2,1-3H3,(H,27,29)/p+2/t25-/m1/s1. The lowest BCUT2D eigenvalue weighted by Gasteiger charge is -2.23. The van der Waals surface area contributed by atoms with Crippen molar-refractivity contribution in [2.45, 2.75) is 39.8 Å². The number of aryl methyl sites for hydroxylation is 1. The van der Waals surface area contributed by atoms with E-state index in [4.69, 9.17) is 4.74 Å². The van der Waals surface area contributed by atoms with E-state index in [-0.39, 0.29) is 11.9 Å².